The summed E-state index contributed by atoms with van der Waals surface area (Å²) in [5.41, 5.74) is 0.411. The quantitative estimate of drug-likeness (QED) is 0.467. The van der Waals surface area contributed by atoms with Crippen LogP contribution in [0.4, 0.5) is 0 Å². The molecule has 0 bridgehead atoms. The highest BCUT2D eigenvalue weighted by atomic mass is 16.5. The van der Waals surface area contributed by atoms with Gasteiger partial charge in [0.2, 0.25) is 0 Å². The van der Waals surface area contributed by atoms with E-state index in [1.54, 1.807) is 0 Å². The van der Waals surface area contributed by atoms with Crippen LogP contribution >= 0.6 is 0 Å². The van der Waals surface area contributed by atoms with Crippen LogP contribution in [0.5, 0.6) is 0 Å². The van der Waals surface area contributed by atoms with E-state index in [0.717, 1.165) is 58.0 Å². The van der Waals surface area contributed by atoms with Crippen LogP contribution in [-0.2, 0) is 4.74 Å². The summed E-state index contributed by atoms with van der Waals surface area (Å²) in [6.07, 6.45) is 4.80. The molecule has 0 radical (unpaired) electrons. The van der Waals surface area contributed by atoms with E-state index in [1.165, 1.54) is 22.6 Å². The molecule has 0 amide bonds. The maximum Gasteiger partial charge on any atom is 0.127 e. The highest BCUT2D eigenvalue weighted by Gasteiger charge is 2.30. The fraction of sp³-hybridized carbons (Fsp3) is 1.00. The SMILES string of the molecule is CC(C)(C)C1CCC(OCC(O)C[NH+]2CC[NH+](CCO)CC2)CC1. The van der Waals surface area contributed by atoms with Gasteiger partial charge in [-0.15, -0.1) is 0 Å². The van der Waals surface area contributed by atoms with Crippen molar-refractivity contribution >= 4 is 0 Å². The van der Waals surface area contributed by atoms with Gasteiger partial charge >= 0.3 is 0 Å². The molecule has 0 spiro atoms. The molecule has 1 aliphatic carbocycles. The van der Waals surface area contributed by atoms with Crippen LogP contribution in [-0.4, -0.2) is 74.9 Å². The lowest BCUT2D eigenvalue weighted by Crippen LogP contribution is -3.28. The van der Waals surface area contributed by atoms with E-state index in [9.17, 15) is 5.11 Å². The van der Waals surface area contributed by atoms with Gasteiger partial charge in [-0.3, -0.25) is 0 Å². The number of piperazine rings is 1. The highest BCUT2D eigenvalue weighted by molar-refractivity contribution is 4.81. The first kappa shape index (κ1) is 20.1. The van der Waals surface area contributed by atoms with E-state index >= 15 is 0 Å². The van der Waals surface area contributed by atoms with Gasteiger partial charge in [0.15, 0.2) is 0 Å². The number of quaternary nitrogens is 2. The summed E-state index contributed by atoms with van der Waals surface area (Å²) >= 11 is 0. The molecule has 5 nitrogen and oxygen atoms in total. The predicted molar refractivity (Wildman–Crippen MR) is 95.4 cm³/mol. The van der Waals surface area contributed by atoms with Crippen LogP contribution in [0.25, 0.3) is 0 Å². The molecule has 0 aromatic rings. The van der Waals surface area contributed by atoms with Crippen LogP contribution in [0.1, 0.15) is 46.5 Å². The fourth-order valence-corrected chi connectivity index (χ4v) is 4.30. The molecule has 1 aliphatic heterocycles. The molecular weight excluding hydrogens is 304 g/mol. The Morgan fingerprint density at radius 3 is 2.12 bits per heavy atom. The summed E-state index contributed by atoms with van der Waals surface area (Å²) in [4.78, 5) is 2.96. The number of rotatable bonds is 7. The van der Waals surface area contributed by atoms with E-state index in [0.29, 0.717) is 18.1 Å². The van der Waals surface area contributed by atoms with Gasteiger partial charge in [0.1, 0.15) is 45.4 Å². The van der Waals surface area contributed by atoms with Crippen LogP contribution in [0.3, 0.4) is 0 Å². The standard InChI is InChI=1S/C19H38N2O3/c1-19(2,3)16-4-6-18(7-5-16)24-15-17(23)14-21-10-8-20(9-11-21)12-13-22/h16-18,22-23H,4-15H2,1-3H3/p+2. The Balaban J connectivity index is 1.58. The lowest BCUT2D eigenvalue weighted by molar-refractivity contribution is -1.01. The lowest BCUT2D eigenvalue weighted by Gasteiger charge is -2.37. The van der Waals surface area contributed by atoms with Crippen molar-refractivity contribution in [3.8, 4) is 0 Å². The van der Waals surface area contributed by atoms with Crippen molar-refractivity contribution in [2.24, 2.45) is 11.3 Å². The molecule has 5 heteroatoms. The van der Waals surface area contributed by atoms with Gasteiger partial charge in [-0.2, -0.15) is 0 Å². The minimum atomic E-state index is -0.347. The molecule has 24 heavy (non-hydrogen) atoms. The molecular formula is C19H40N2O3+2. The molecule has 2 fully saturated rings. The third-order valence-electron chi connectivity index (χ3n) is 6.08. The fourth-order valence-electron chi connectivity index (χ4n) is 4.30. The number of hydrogen-bond acceptors (Lipinski definition) is 3. The van der Waals surface area contributed by atoms with E-state index in [1.807, 2.05) is 0 Å². The Hall–Kier alpha value is -0.200. The van der Waals surface area contributed by atoms with Crippen molar-refractivity contribution in [1.29, 1.82) is 0 Å². The molecule has 2 aliphatic rings. The summed E-state index contributed by atoms with van der Waals surface area (Å²) < 4.78 is 6.01. The molecule has 1 saturated carbocycles. The molecule has 1 heterocycles. The smallest absolute Gasteiger partial charge is 0.127 e. The van der Waals surface area contributed by atoms with Crippen molar-refractivity contribution in [3.63, 3.8) is 0 Å². The minimum Gasteiger partial charge on any atom is -0.391 e. The number of aliphatic hydroxyl groups is 2. The number of aliphatic hydroxyl groups excluding tert-OH is 2. The summed E-state index contributed by atoms with van der Waals surface area (Å²) in [5.74, 6) is 0.810. The summed E-state index contributed by atoms with van der Waals surface area (Å²) in [6.45, 7) is 13.8. The Labute approximate surface area is 148 Å². The van der Waals surface area contributed by atoms with Gasteiger partial charge in [0, 0.05) is 0 Å². The van der Waals surface area contributed by atoms with Gasteiger partial charge < -0.3 is 24.7 Å². The Morgan fingerprint density at radius 1 is 1.00 bits per heavy atom. The number of hydrogen-bond donors (Lipinski definition) is 4. The van der Waals surface area contributed by atoms with E-state index < -0.39 is 0 Å². The second-order valence-electron chi connectivity index (χ2n) is 9.00. The molecule has 1 saturated heterocycles. The van der Waals surface area contributed by atoms with Crippen molar-refractivity contribution in [1.82, 2.24) is 0 Å². The molecule has 0 aromatic heterocycles. The number of ether oxygens (including phenoxy) is 1. The third kappa shape index (κ3) is 6.60. The average molecular weight is 345 g/mol. The highest BCUT2D eigenvalue weighted by Crippen LogP contribution is 2.38. The Kier molecular flexibility index (Phi) is 7.95. The van der Waals surface area contributed by atoms with Gasteiger partial charge in [-0.05, 0) is 37.0 Å². The largest absolute Gasteiger partial charge is 0.391 e. The second kappa shape index (κ2) is 9.48. The first-order valence-corrected chi connectivity index (χ1v) is 9.96. The van der Waals surface area contributed by atoms with Crippen molar-refractivity contribution < 1.29 is 24.7 Å². The first-order chi connectivity index (χ1) is 11.4. The van der Waals surface area contributed by atoms with Crippen molar-refractivity contribution in [3.05, 3.63) is 0 Å². The monoisotopic (exact) mass is 344 g/mol. The molecule has 2 rings (SSSR count). The van der Waals surface area contributed by atoms with Gasteiger partial charge in [-0.25, -0.2) is 0 Å². The van der Waals surface area contributed by atoms with Crippen LogP contribution < -0.4 is 9.80 Å². The normalized spacial score (nSPS) is 33.4. The maximum atomic E-state index is 10.3. The predicted octanol–water partition coefficient (Wildman–Crippen LogP) is -1.26. The molecule has 1 atom stereocenters. The Morgan fingerprint density at radius 2 is 1.58 bits per heavy atom. The van der Waals surface area contributed by atoms with Crippen LogP contribution in [0.15, 0.2) is 0 Å². The lowest BCUT2D eigenvalue weighted by atomic mass is 9.72. The van der Waals surface area contributed by atoms with Gasteiger partial charge in [0.25, 0.3) is 0 Å². The van der Waals surface area contributed by atoms with Crippen molar-refractivity contribution in [2.45, 2.75) is 58.7 Å². The summed E-state index contributed by atoms with van der Waals surface area (Å²) in [5, 5.41) is 19.3. The minimum absolute atomic E-state index is 0.276. The molecule has 4 N–H and O–H groups in total. The zero-order valence-corrected chi connectivity index (χ0v) is 16.0. The van der Waals surface area contributed by atoms with Gasteiger partial charge in [-0.1, -0.05) is 20.8 Å². The van der Waals surface area contributed by atoms with Gasteiger partial charge in [0.05, 0.1) is 19.3 Å². The first-order valence-electron chi connectivity index (χ1n) is 9.96. The molecule has 0 aromatic carbocycles. The van der Waals surface area contributed by atoms with Crippen LogP contribution in [0, 0.1) is 11.3 Å². The Bertz CT molecular complexity index is 343. The van der Waals surface area contributed by atoms with Crippen LogP contribution in [0.2, 0.25) is 0 Å². The second-order valence-corrected chi connectivity index (χ2v) is 9.00. The average Bonchev–Trinajstić information content (AvgIpc) is 2.55. The summed E-state index contributed by atoms with van der Waals surface area (Å²) in [6, 6.07) is 0. The zero-order chi connectivity index (χ0) is 17.6. The van der Waals surface area contributed by atoms with E-state index in [-0.39, 0.29) is 12.7 Å². The topological polar surface area (TPSA) is 58.6 Å². The van der Waals surface area contributed by atoms with E-state index in [4.69, 9.17) is 9.84 Å². The number of nitrogens with one attached hydrogen (secondary N) is 2. The zero-order valence-electron chi connectivity index (χ0n) is 16.0. The summed E-state index contributed by atoms with van der Waals surface area (Å²) in [7, 11) is 0. The maximum absolute atomic E-state index is 10.3. The van der Waals surface area contributed by atoms with E-state index in [2.05, 4.69) is 20.8 Å². The molecule has 142 valence electrons. The van der Waals surface area contributed by atoms with Crippen molar-refractivity contribution in [2.75, 3.05) is 52.5 Å². The third-order valence-corrected chi connectivity index (χ3v) is 6.08. The molecule has 1 unspecified atom stereocenters.